The van der Waals surface area contributed by atoms with Crippen LogP contribution in [0.25, 0.3) is 0 Å². The fraction of sp³-hybridized carbons (Fsp3) is 0.125. The first-order chi connectivity index (χ1) is 10.6. The number of amides is 2. The first-order valence-electron chi connectivity index (χ1n) is 6.67. The zero-order valence-corrected chi connectivity index (χ0v) is 13.6. The highest BCUT2D eigenvalue weighted by atomic mass is 79.9. The molecule has 0 atom stereocenters. The van der Waals surface area contributed by atoms with Crippen LogP contribution in [0.5, 0.6) is 0 Å². The summed E-state index contributed by atoms with van der Waals surface area (Å²) >= 11 is 3.30. The first kappa shape index (κ1) is 16.0. The molecule has 2 rings (SSSR count). The predicted octanol–water partition coefficient (Wildman–Crippen LogP) is 2.35. The average Bonchev–Trinajstić information content (AvgIpc) is 2.54. The van der Waals surface area contributed by atoms with E-state index in [9.17, 15) is 9.59 Å². The van der Waals surface area contributed by atoms with Gasteiger partial charge in [0.05, 0.1) is 6.54 Å². The summed E-state index contributed by atoms with van der Waals surface area (Å²) in [5.74, 6) is -0.653. The molecule has 2 amide bonds. The number of hydrogen-bond acceptors (Lipinski definition) is 3. The predicted molar refractivity (Wildman–Crippen MR) is 89.5 cm³/mol. The number of benzene rings is 2. The second-order valence-corrected chi connectivity index (χ2v) is 5.62. The van der Waals surface area contributed by atoms with Crippen LogP contribution in [0.4, 0.5) is 5.69 Å². The van der Waals surface area contributed by atoms with Gasteiger partial charge in [0.1, 0.15) is 0 Å². The number of likely N-dealkylation sites (N-methyl/N-ethyl adjacent to an activating group) is 1. The molecule has 0 aliphatic rings. The molecule has 0 saturated carbocycles. The van der Waals surface area contributed by atoms with E-state index in [1.807, 2.05) is 37.4 Å². The molecule has 6 heteroatoms. The highest BCUT2D eigenvalue weighted by Gasteiger charge is 2.09. The van der Waals surface area contributed by atoms with Gasteiger partial charge in [0.2, 0.25) is 0 Å². The van der Waals surface area contributed by atoms with E-state index in [4.69, 9.17) is 0 Å². The van der Waals surface area contributed by atoms with E-state index in [1.165, 1.54) is 0 Å². The van der Waals surface area contributed by atoms with Crippen molar-refractivity contribution < 1.29 is 9.59 Å². The molecule has 0 unspecified atom stereocenters. The number of para-hydroxylation sites is 1. The van der Waals surface area contributed by atoms with E-state index in [0.717, 1.165) is 10.2 Å². The lowest BCUT2D eigenvalue weighted by atomic mass is 10.2. The summed E-state index contributed by atoms with van der Waals surface area (Å²) in [5.41, 5.74) is 6.20. The van der Waals surface area contributed by atoms with Gasteiger partial charge in [-0.05, 0) is 36.4 Å². The van der Waals surface area contributed by atoms with Gasteiger partial charge in [-0.2, -0.15) is 0 Å². The van der Waals surface area contributed by atoms with E-state index in [1.54, 1.807) is 29.2 Å². The molecular weight excluding hydrogens is 346 g/mol. The fourth-order valence-electron chi connectivity index (χ4n) is 1.83. The summed E-state index contributed by atoms with van der Waals surface area (Å²) in [5, 5.41) is 0. The molecule has 0 aliphatic carbocycles. The summed E-state index contributed by atoms with van der Waals surface area (Å²) < 4.78 is 0.887. The average molecular weight is 362 g/mol. The van der Waals surface area contributed by atoms with E-state index in [0.29, 0.717) is 5.56 Å². The monoisotopic (exact) mass is 361 g/mol. The molecule has 5 nitrogen and oxygen atoms in total. The quantitative estimate of drug-likeness (QED) is 0.821. The van der Waals surface area contributed by atoms with Crippen molar-refractivity contribution in [2.75, 3.05) is 18.5 Å². The molecule has 0 spiro atoms. The lowest BCUT2D eigenvalue weighted by Crippen LogP contribution is -2.45. The molecule has 2 aromatic rings. The minimum atomic E-state index is -0.358. The Morgan fingerprint density at radius 2 is 1.64 bits per heavy atom. The zero-order valence-electron chi connectivity index (χ0n) is 12.0. The normalized spacial score (nSPS) is 9.91. The maximum atomic E-state index is 11.9. The van der Waals surface area contributed by atoms with Crippen LogP contribution in [0.2, 0.25) is 0 Å². The molecule has 22 heavy (non-hydrogen) atoms. The molecule has 0 heterocycles. The number of halogens is 1. The Hall–Kier alpha value is -2.34. The van der Waals surface area contributed by atoms with Crippen LogP contribution in [-0.4, -0.2) is 25.4 Å². The van der Waals surface area contributed by atoms with Crippen molar-refractivity contribution in [3.8, 4) is 0 Å². The number of anilines is 1. The van der Waals surface area contributed by atoms with E-state index >= 15 is 0 Å². The number of carbonyl (C=O) groups is 2. The fourth-order valence-corrected chi connectivity index (χ4v) is 2.09. The van der Waals surface area contributed by atoms with Gasteiger partial charge in [0.25, 0.3) is 11.8 Å². The van der Waals surface area contributed by atoms with Crippen LogP contribution >= 0.6 is 15.9 Å². The molecule has 2 aromatic carbocycles. The highest BCUT2D eigenvalue weighted by molar-refractivity contribution is 9.10. The number of carbonyl (C=O) groups excluding carboxylic acids is 2. The third kappa shape index (κ3) is 4.60. The van der Waals surface area contributed by atoms with Crippen LogP contribution in [0.3, 0.4) is 0 Å². The maximum Gasteiger partial charge on any atom is 0.269 e. The van der Waals surface area contributed by atoms with Crippen LogP contribution in [0.1, 0.15) is 10.4 Å². The second kappa shape index (κ2) is 7.61. The SMILES string of the molecule is CN(CC(=O)NNC(=O)c1ccc(Br)cc1)c1ccccc1. The summed E-state index contributed by atoms with van der Waals surface area (Å²) in [7, 11) is 1.81. The second-order valence-electron chi connectivity index (χ2n) is 4.70. The summed E-state index contributed by atoms with van der Waals surface area (Å²) in [6, 6.07) is 16.4. The topological polar surface area (TPSA) is 61.4 Å². The molecule has 0 radical (unpaired) electrons. The Kier molecular flexibility index (Phi) is 5.55. The molecule has 0 fully saturated rings. The standard InChI is InChI=1S/C16H16BrN3O2/c1-20(14-5-3-2-4-6-14)11-15(21)18-19-16(22)12-7-9-13(17)10-8-12/h2-10H,11H2,1H3,(H,18,21)(H,19,22). The number of nitrogens with one attached hydrogen (secondary N) is 2. The van der Waals surface area contributed by atoms with Gasteiger partial charge >= 0.3 is 0 Å². The zero-order chi connectivity index (χ0) is 15.9. The Morgan fingerprint density at radius 3 is 2.27 bits per heavy atom. The summed E-state index contributed by atoms with van der Waals surface area (Å²) in [4.78, 5) is 25.5. The maximum absolute atomic E-state index is 11.9. The summed E-state index contributed by atoms with van der Waals surface area (Å²) in [6.07, 6.45) is 0. The van der Waals surface area contributed by atoms with Crippen LogP contribution in [-0.2, 0) is 4.79 Å². The van der Waals surface area contributed by atoms with Crippen molar-refractivity contribution >= 4 is 33.4 Å². The number of hydrogen-bond donors (Lipinski definition) is 2. The minimum absolute atomic E-state index is 0.143. The molecule has 114 valence electrons. The lowest BCUT2D eigenvalue weighted by molar-refractivity contribution is -0.120. The van der Waals surface area contributed by atoms with Gasteiger partial charge in [0, 0.05) is 22.8 Å². The Morgan fingerprint density at radius 1 is 1.00 bits per heavy atom. The van der Waals surface area contributed by atoms with Crippen LogP contribution < -0.4 is 15.8 Å². The Balaban J connectivity index is 1.82. The number of hydrazine groups is 1. The van der Waals surface area contributed by atoms with E-state index in [2.05, 4.69) is 26.8 Å². The van der Waals surface area contributed by atoms with Crippen molar-refractivity contribution in [1.29, 1.82) is 0 Å². The minimum Gasteiger partial charge on any atom is -0.365 e. The third-order valence-corrected chi connectivity index (χ3v) is 3.53. The van der Waals surface area contributed by atoms with Gasteiger partial charge in [-0.15, -0.1) is 0 Å². The van der Waals surface area contributed by atoms with Gasteiger partial charge in [0.15, 0.2) is 0 Å². The number of nitrogens with zero attached hydrogens (tertiary/aromatic N) is 1. The van der Waals surface area contributed by atoms with Gasteiger partial charge in [-0.3, -0.25) is 20.4 Å². The van der Waals surface area contributed by atoms with Crippen molar-refractivity contribution in [2.45, 2.75) is 0 Å². The molecule has 0 bridgehead atoms. The third-order valence-electron chi connectivity index (χ3n) is 3.00. The van der Waals surface area contributed by atoms with Crippen molar-refractivity contribution in [3.63, 3.8) is 0 Å². The smallest absolute Gasteiger partial charge is 0.269 e. The molecular formula is C16H16BrN3O2. The van der Waals surface area contributed by atoms with Crippen molar-refractivity contribution in [1.82, 2.24) is 10.9 Å². The van der Waals surface area contributed by atoms with Gasteiger partial charge < -0.3 is 4.90 Å². The van der Waals surface area contributed by atoms with E-state index < -0.39 is 0 Å². The van der Waals surface area contributed by atoms with Gasteiger partial charge in [-0.1, -0.05) is 34.1 Å². The van der Waals surface area contributed by atoms with Crippen molar-refractivity contribution in [2.24, 2.45) is 0 Å². The van der Waals surface area contributed by atoms with Gasteiger partial charge in [-0.25, -0.2) is 0 Å². The molecule has 0 saturated heterocycles. The Bertz CT molecular complexity index is 644. The lowest BCUT2D eigenvalue weighted by Gasteiger charge is -2.18. The molecule has 0 aromatic heterocycles. The molecule has 2 N–H and O–H groups in total. The van der Waals surface area contributed by atoms with Crippen molar-refractivity contribution in [3.05, 3.63) is 64.6 Å². The van der Waals surface area contributed by atoms with Crippen LogP contribution in [0.15, 0.2) is 59.1 Å². The number of rotatable bonds is 4. The van der Waals surface area contributed by atoms with Crippen LogP contribution in [0, 0.1) is 0 Å². The molecule has 0 aliphatic heterocycles. The Labute approximate surface area is 137 Å². The first-order valence-corrected chi connectivity index (χ1v) is 7.46. The van der Waals surface area contributed by atoms with E-state index in [-0.39, 0.29) is 18.4 Å². The largest absolute Gasteiger partial charge is 0.365 e. The highest BCUT2D eigenvalue weighted by Crippen LogP contribution is 2.11. The summed E-state index contributed by atoms with van der Waals surface area (Å²) in [6.45, 7) is 0.143.